The summed E-state index contributed by atoms with van der Waals surface area (Å²) in [6, 6.07) is 44.2. The van der Waals surface area contributed by atoms with Crippen LogP contribution >= 0.6 is 0 Å². The first-order valence-electron chi connectivity index (χ1n) is 13.1. The molecular weight excluding hydrogens is 463 g/mol. The molecule has 0 spiro atoms. The highest BCUT2D eigenvalue weighted by Crippen LogP contribution is 2.26. The Morgan fingerprint density at radius 1 is 0.676 bits per heavy atom. The Labute approximate surface area is 223 Å². The molecule has 4 heteroatoms. The number of allylic oxidation sites excluding steroid dienone is 2. The van der Waals surface area contributed by atoms with Gasteiger partial charge in [0.1, 0.15) is 0 Å². The number of aromatic nitrogens is 2. The lowest BCUT2D eigenvalue weighted by Crippen LogP contribution is -2.32. The highest BCUT2D eigenvalue weighted by Gasteiger charge is 2.19. The maximum Gasteiger partial charge on any atom is 0.215 e. The lowest BCUT2D eigenvalue weighted by molar-refractivity contribution is 0.898. The zero-order valence-corrected chi connectivity index (χ0v) is 22.5. The molecule has 4 aromatic carbocycles. The summed E-state index contributed by atoms with van der Waals surface area (Å²) >= 11 is 0. The van der Waals surface area contributed by atoms with Crippen molar-refractivity contribution in [3.05, 3.63) is 168 Å². The van der Waals surface area contributed by atoms with E-state index in [1.54, 1.807) is 0 Å². The molecule has 5 rings (SSSR count). The molecule has 0 saturated carbocycles. The van der Waals surface area contributed by atoms with Gasteiger partial charge in [-0.2, -0.15) is 0 Å². The Balaban J connectivity index is 1.24. The van der Waals surface area contributed by atoms with E-state index in [0.29, 0.717) is 5.92 Å². The van der Waals surface area contributed by atoms with Crippen LogP contribution in [0.5, 0.6) is 0 Å². The van der Waals surface area contributed by atoms with Crippen molar-refractivity contribution in [3.63, 3.8) is 0 Å². The number of hydrogen-bond donors (Lipinski definition) is 0. The van der Waals surface area contributed by atoms with Gasteiger partial charge in [0.15, 0.2) is 0 Å². The number of hydrogen-bond acceptors (Lipinski definition) is 1. The zero-order chi connectivity index (χ0) is 25.1. The highest BCUT2D eigenvalue weighted by molar-refractivity contribution is 6.54. The van der Waals surface area contributed by atoms with E-state index < -0.39 is 0 Å². The summed E-state index contributed by atoms with van der Waals surface area (Å²) in [4.78, 5) is 4.73. The fourth-order valence-corrected chi connectivity index (χ4v) is 6.20. The second kappa shape index (κ2) is 12.9. The highest BCUT2D eigenvalue weighted by atomic mass is 28.2. The minimum Gasteiger partial charge on any atom is -0.347 e. The van der Waals surface area contributed by atoms with Crippen molar-refractivity contribution in [3.8, 4) is 0 Å². The van der Waals surface area contributed by atoms with Crippen LogP contribution in [0, 0.1) is 0 Å². The summed E-state index contributed by atoms with van der Waals surface area (Å²) in [5.74, 6) is 0.480. The Morgan fingerprint density at radius 2 is 1.16 bits per heavy atom. The summed E-state index contributed by atoms with van der Waals surface area (Å²) in [7, 11) is 1.99. The van der Waals surface area contributed by atoms with Gasteiger partial charge in [-0.1, -0.05) is 133 Å². The molecule has 5 aromatic rings. The smallest absolute Gasteiger partial charge is 0.215 e. The third kappa shape index (κ3) is 6.66. The molecule has 0 N–H and O–H groups in total. The van der Waals surface area contributed by atoms with Gasteiger partial charge in [0, 0.05) is 34.0 Å². The van der Waals surface area contributed by atoms with Crippen LogP contribution < -0.4 is 5.72 Å². The monoisotopic (exact) mass is 495 g/mol. The van der Waals surface area contributed by atoms with Crippen LogP contribution in [0.2, 0.25) is 6.04 Å². The zero-order valence-electron chi connectivity index (χ0n) is 21.1. The third-order valence-electron chi connectivity index (χ3n) is 6.80. The van der Waals surface area contributed by atoms with Crippen LogP contribution in [0.15, 0.2) is 146 Å². The number of imidazole rings is 1. The Kier molecular flexibility index (Phi) is 8.63. The molecule has 2 nitrogen and oxygen atoms in total. The van der Waals surface area contributed by atoms with Gasteiger partial charge in [0.2, 0.25) is 7.28 Å². The van der Waals surface area contributed by atoms with Crippen LogP contribution in [0.1, 0.15) is 34.0 Å². The molecule has 1 heterocycles. The van der Waals surface area contributed by atoms with E-state index in [-0.39, 0.29) is 15.3 Å². The van der Waals surface area contributed by atoms with Gasteiger partial charge >= 0.3 is 0 Å². The molecular formula is C33H32BN2Si. The second-order valence-corrected chi connectivity index (χ2v) is 11.0. The topological polar surface area (TPSA) is 17.8 Å². The minimum atomic E-state index is -0.325. The molecule has 1 aromatic heterocycles. The molecule has 0 bridgehead atoms. The van der Waals surface area contributed by atoms with Crippen molar-refractivity contribution >= 4 is 22.5 Å². The van der Waals surface area contributed by atoms with Gasteiger partial charge in [-0.15, -0.1) is 0 Å². The first kappa shape index (κ1) is 24.8. The van der Waals surface area contributed by atoms with Crippen molar-refractivity contribution in [2.75, 3.05) is 0 Å². The summed E-state index contributed by atoms with van der Waals surface area (Å²) < 4.78 is 2.34. The van der Waals surface area contributed by atoms with Gasteiger partial charge in [-0.3, -0.25) is 4.98 Å². The summed E-state index contributed by atoms with van der Waals surface area (Å²) in [5.41, 5.74) is 6.31. The van der Waals surface area contributed by atoms with Gasteiger partial charge in [0.25, 0.3) is 0 Å². The average molecular weight is 496 g/mol. The molecule has 0 amide bonds. The molecule has 0 atom stereocenters. The third-order valence-corrected chi connectivity index (χ3v) is 8.34. The number of nitrogens with zero attached hydrogens (tertiary/aromatic N) is 2. The number of benzene rings is 4. The van der Waals surface area contributed by atoms with Crippen LogP contribution in [-0.2, 0) is 6.17 Å². The Morgan fingerprint density at radius 3 is 1.68 bits per heavy atom. The molecule has 181 valence electrons. The molecule has 1 radical (unpaired) electrons. The fraction of sp³-hybridized carbons (Fsp3) is 0.121. The maximum absolute atomic E-state index is 4.73. The molecule has 0 aliphatic carbocycles. The largest absolute Gasteiger partial charge is 0.347 e. The first-order chi connectivity index (χ1) is 18.4. The van der Waals surface area contributed by atoms with Crippen molar-refractivity contribution in [1.29, 1.82) is 0 Å². The maximum atomic E-state index is 4.73. The molecule has 0 saturated heterocycles. The molecule has 0 aliphatic heterocycles. The van der Waals surface area contributed by atoms with Gasteiger partial charge in [-0.05, 0) is 34.1 Å². The van der Waals surface area contributed by atoms with E-state index >= 15 is 0 Å². The summed E-state index contributed by atoms with van der Waals surface area (Å²) in [6.45, 7) is 0. The van der Waals surface area contributed by atoms with Gasteiger partial charge < -0.3 is 4.57 Å². The second-order valence-electron chi connectivity index (χ2n) is 9.31. The minimum absolute atomic E-state index is 0.183. The molecule has 0 unspecified atom stereocenters. The molecule has 0 aliphatic rings. The molecule has 37 heavy (non-hydrogen) atoms. The first-order valence-corrected chi connectivity index (χ1v) is 15.1. The quantitative estimate of drug-likeness (QED) is 0.126. The summed E-state index contributed by atoms with van der Waals surface area (Å²) in [6.07, 6.45) is 9.93. The Bertz CT molecular complexity index is 1290. The van der Waals surface area contributed by atoms with Crippen LogP contribution in [0.3, 0.4) is 0 Å². The van der Waals surface area contributed by atoms with Gasteiger partial charge in [0.05, 0.1) is 5.72 Å². The van der Waals surface area contributed by atoms with Crippen molar-refractivity contribution in [1.82, 2.24) is 9.55 Å². The predicted octanol–water partition coefficient (Wildman–Crippen LogP) is 5.94. The average Bonchev–Trinajstić information content (AvgIpc) is 3.42. The van der Waals surface area contributed by atoms with Crippen molar-refractivity contribution in [2.45, 2.75) is 23.9 Å². The van der Waals surface area contributed by atoms with Crippen molar-refractivity contribution < 1.29 is 0 Å². The van der Waals surface area contributed by atoms with E-state index in [1.165, 1.54) is 22.3 Å². The van der Waals surface area contributed by atoms with E-state index in [1.807, 2.05) is 6.20 Å². The lowest BCUT2D eigenvalue weighted by atomic mass is 9.58. The van der Waals surface area contributed by atoms with E-state index in [9.17, 15) is 0 Å². The fourth-order valence-electron chi connectivity index (χ4n) is 4.87. The van der Waals surface area contributed by atoms with Crippen LogP contribution in [0.25, 0.3) is 0 Å². The Hall–Kier alpha value is -3.89. The van der Waals surface area contributed by atoms with E-state index in [2.05, 4.69) is 152 Å². The van der Waals surface area contributed by atoms with Gasteiger partial charge in [-0.25, -0.2) is 0 Å². The number of rotatable bonds is 11. The normalized spacial score (nSPS) is 11.7. The standard InChI is InChI=1S/C33H32BN2Si/c1-5-14-27(15-6-1)31(28-16-7-2-8-17-28)22-13-25-37-26-36-24-23-35-33(36)34-32(29-18-9-3-10-19-29)30-20-11-4-12-21-30/h1-24,31-32H,25-26,37H2. The lowest BCUT2D eigenvalue weighted by Gasteiger charge is -2.18. The predicted molar refractivity (Wildman–Crippen MR) is 160 cm³/mol. The SMILES string of the molecule is [B](c1nccn1C[SiH2]CC=CC(c1ccccc1)c1ccccc1)C(c1ccccc1)c1ccccc1. The van der Waals surface area contributed by atoms with E-state index in [4.69, 9.17) is 4.98 Å². The van der Waals surface area contributed by atoms with Crippen LogP contribution in [-0.4, -0.2) is 26.4 Å². The van der Waals surface area contributed by atoms with Crippen molar-refractivity contribution in [2.24, 2.45) is 0 Å². The molecule has 0 fully saturated rings. The summed E-state index contributed by atoms with van der Waals surface area (Å²) in [5, 5.41) is 0. The van der Waals surface area contributed by atoms with E-state index in [0.717, 1.165) is 17.9 Å². The van der Waals surface area contributed by atoms with Crippen LogP contribution in [0.4, 0.5) is 0 Å².